The molecule has 30 heavy (non-hydrogen) atoms. The molecule has 0 unspecified atom stereocenters. The molecule has 152 valence electrons. The summed E-state index contributed by atoms with van der Waals surface area (Å²) in [6.45, 7) is 3.80. The van der Waals surface area contributed by atoms with Crippen LogP contribution in [0.2, 0.25) is 0 Å². The number of benzene rings is 2. The minimum absolute atomic E-state index is 0.111. The monoisotopic (exact) mass is 454 g/mol. The molecule has 4 rings (SSSR count). The van der Waals surface area contributed by atoms with E-state index in [1.165, 1.54) is 34.4 Å². The lowest BCUT2D eigenvalue weighted by atomic mass is 10.1. The molecule has 2 amide bonds. The molecule has 2 aromatic carbocycles. The number of fused-ring (bicyclic) bond motifs is 1. The Balaban J connectivity index is 1.44. The molecule has 4 aromatic rings. The number of carbonyl (C=O) groups is 2. The van der Waals surface area contributed by atoms with E-state index in [-0.39, 0.29) is 17.1 Å². The smallest absolute Gasteiger partial charge is 0.255 e. The second-order valence-electron chi connectivity index (χ2n) is 6.57. The summed E-state index contributed by atoms with van der Waals surface area (Å²) in [6, 6.07) is 13.1. The molecule has 0 bridgehead atoms. The maximum Gasteiger partial charge on any atom is 0.255 e. The molecule has 0 spiro atoms. The van der Waals surface area contributed by atoms with Gasteiger partial charge in [-0.2, -0.15) is 0 Å². The number of amides is 2. The van der Waals surface area contributed by atoms with Crippen molar-refractivity contribution < 1.29 is 9.59 Å². The third kappa shape index (κ3) is 4.86. The van der Waals surface area contributed by atoms with E-state index in [1.807, 2.05) is 55.6 Å². The lowest BCUT2D eigenvalue weighted by Gasteiger charge is -2.07. The zero-order valence-corrected chi connectivity index (χ0v) is 18.7. The highest BCUT2D eigenvalue weighted by Crippen LogP contribution is 2.34. The molecule has 9 heteroatoms. The summed E-state index contributed by atoms with van der Waals surface area (Å²) in [5.74, 6) is -0.259. The van der Waals surface area contributed by atoms with Gasteiger partial charge in [-0.3, -0.25) is 9.59 Å². The Hall–Kier alpha value is -2.75. The van der Waals surface area contributed by atoms with Crippen molar-refractivity contribution in [2.24, 2.45) is 0 Å². The number of hydrogen-bond donors (Lipinski definition) is 2. The molecule has 0 fully saturated rings. The van der Waals surface area contributed by atoms with Gasteiger partial charge in [0.15, 0.2) is 9.47 Å². The highest BCUT2D eigenvalue weighted by Gasteiger charge is 2.18. The van der Waals surface area contributed by atoms with Gasteiger partial charge in [0, 0.05) is 22.8 Å². The van der Waals surface area contributed by atoms with Crippen molar-refractivity contribution in [1.82, 2.24) is 9.97 Å². The maximum atomic E-state index is 12.5. The highest BCUT2D eigenvalue weighted by atomic mass is 32.2. The van der Waals surface area contributed by atoms with Gasteiger partial charge in [-0.1, -0.05) is 29.5 Å². The first-order valence-electron chi connectivity index (χ1n) is 9.13. The standard InChI is InChI=1S/C21H18N4O2S3/c1-12-4-3-5-14(10-12)19(27)23-15-6-7-16-17(11-15)30-21(24-16)29-13(2)18(26)25-20-22-8-9-28-20/h3-11,13H,1-2H3,(H,23,27)(H,22,25,26)/t13-/m0/s1. The molecule has 2 aromatic heterocycles. The number of nitrogens with one attached hydrogen (secondary N) is 2. The Labute approximate surface area is 185 Å². The Bertz CT molecular complexity index is 1200. The molecule has 6 nitrogen and oxygen atoms in total. The first kappa shape index (κ1) is 20.5. The van der Waals surface area contributed by atoms with Crippen LogP contribution in [0, 0.1) is 6.92 Å². The Morgan fingerprint density at radius 1 is 1.13 bits per heavy atom. The number of nitrogens with zero attached hydrogens (tertiary/aromatic N) is 2. The molecule has 0 aliphatic heterocycles. The van der Waals surface area contributed by atoms with E-state index in [4.69, 9.17) is 0 Å². The summed E-state index contributed by atoms with van der Waals surface area (Å²) in [7, 11) is 0. The van der Waals surface area contributed by atoms with Crippen LogP contribution < -0.4 is 10.6 Å². The first-order chi connectivity index (χ1) is 14.5. The molecule has 0 saturated carbocycles. The fraction of sp³-hybridized carbons (Fsp3) is 0.143. The van der Waals surface area contributed by atoms with E-state index in [9.17, 15) is 9.59 Å². The van der Waals surface area contributed by atoms with E-state index >= 15 is 0 Å². The van der Waals surface area contributed by atoms with Crippen LogP contribution in [0.25, 0.3) is 10.2 Å². The lowest BCUT2D eigenvalue weighted by molar-refractivity contribution is -0.115. The summed E-state index contributed by atoms with van der Waals surface area (Å²) in [6.07, 6.45) is 1.65. The van der Waals surface area contributed by atoms with Crippen LogP contribution in [-0.2, 0) is 4.79 Å². The van der Waals surface area contributed by atoms with Crippen molar-refractivity contribution >= 4 is 67.3 Å². The third-order valence-electron chi connectivity index (χ3n) is 4.22. The van der Waals surface area contributed by atoms with Crippen LogP contribution in [0.1, 0.15) is 22.8 Å². The van der Waals surface area contributed by atoms with Gasteiger partial charge in [-0.15, -0.1) is 22.7 Å². The fourth-order valence-corrected chi connectivity index (χ4v) is 5.50. The Kier molecular flexibility index (Phi) is 6.12. The summed E-state index contributed by atoms with van der Waals surface area (Å²) < 4.78 is 1.75. The molecular weight excluding hydrogens is 436 g/mol. The number of aromatic nitrogens is 2. The second-order valence-corrected chi connectivity index (χ2v) is 10.1. The van der Waals surface area contributed by atoms with Gasteiger partial charge < -0.3 is 10.6 Å². The topological polar surface area (TPSA) is 84.0 Å². The van der Waals surface area contributed by atoms with Crippen molar-refractivity contribution in [2.45, 2.75) is 23.4 Å². The molecule has 2 heterocycles. The number of aryl methyl sites for hydroxylation is 1. The predicted octanol–water partition coefficient (Wildman–Crippen LogP) is 5.43. The van der Waals surface area contributed by atoms with E-state index in [0.717, 1.165) is 20.1 Å². The molecule has 0 radical (unpaired) electrons. The molecule has 0 saturated heterocycles. The average Bonchev–Trinajstić information content (AvgIpc) is 3.36. The van der Waals surface area contributed by atoms with Crippen LogP contribution in [0.15, 0.2) is 58.4 Å². The van der Waals surface area contributed by atoms with Crippen LogP contribution >= 0.6 is 34.4 Å². The zero-order chi connectivity index (χ0) is 21.1. The van der Waals surface area contributed by atoms with Crippen molar-refractivity contribution in [3.05, 3.63) is 65.2 Å². The van der Waals surface area contributed by atoms with Gasteiger partial charge in [0.1, 0.15) is 0 Å². The molecular formula is C21H18N4O2S3. The SMILES string of the molecule is Cc1cccc(C(=O)Nc2ccc3nc(S[C@@H](C)C(=O)Nc4nccs4)sc3c2)c1. The first-order valence-corrected chi connectivity index (χ1v) is 11.7. The largest absolute Gasteiger partial charge is 0.322 e. The van der Waals surface area contributed by atoms with E-state index < -0.39 is 0 Å². The van der Waals surface area contributed by atoms with Gasteiger partial charge in [-0.25, -0.2) is 9.97 Å². The van der Waals surface area contributed by atoms with Gasteiger partial charge in [0.25, 0.3) is 5.91 Å². The van der Waals surface area contributed by atoms with E-state index in [1.54, 1.807) is 12.3 Å². The van der Waals surface area contributed by atoms with Crippen molar-refractivity contribution in [2.75, 3.05) is 10.6 Å². The van der Waals surface area contributed by atoms with Gasteiger partial charge in [0.2, 0.25) is 5.91 Å². The number of thiazole rings is 2. The number of carbonyl (C=O) groups excluding carboxylic acids is 2. The third-order valence-corrected chi connectivity index (χ3v) is 7.12. The predicted molar refractivity (Wildman–Crippen MR) is 125 cm³/mol. The van der Waals surface area contributed by atoms with Crippen molar-refractivity contribution in [3.8, 4) is 0 Å². The second kappa shape index (κ2) is 8.95. The van der Waals surface area contributed by atoms with Crippen LogP contribution in [0.4, 0.5) is 10.8 Å². The highest BCUT2D eigenvalue weighted by molar-refractivity contribution is 8.02. The van der Waals surface area contributed by atoms with Gasteiger partial charge in [0.05, 0.1) is 15.5 Å². The molecule has 1 atom stereocenters. The summed E-state index contributed by atoms with van der Waals surface area (Å²) in [5, 5.41) is 7.83. The number of hydrogen-bond acceptors (Lipinski definition) is 7. The number of rotatable bonds is 6. The van der Waals surface area contributed by atoms with Gasteiger partial charge in [-0.05, 0) is 44.2 Å². The summed E-state index contributed by atoms with van der Waals surface area (Å²) in [4.78, 5) is 33.5. The summed E-state index contributed by atoms with van der Waals surface area (Å²) in [5.41, 5.74) is 3.21. The minimum Gasteiger partial charge on any atom is -0.322 e. The van der Waals surface area contributed by atoms with Crippen LogP contribution in [-0.4, -0.2) is 27.0 Å². The van der Waals surface area contributed by atoms with Crippen molar-refractivity contribution in [1.29, 1.82) is 0 Å². The van der Waals surface area contributed by atoms with E-state index in [0.29, 0.717) is 16.4 Å². The number of thioether (sulfide) groups is 1. The van der Waals surface area contributed by atoms with E-state index in [2.05, 4.69) is 20.6 Å². The average molecular weight is 455 g/mol. The molecule has 2 N–H and O–H groups in total. The maximum absolute atomic E-state index is 12.5. The lowest BCUT2D eigenvalue weighted by Crippen LogP contribution is -2.22. The van der Waals surface area contributed by atoms with Gasteiger partial charge >= 0.3 is 0 Å². The number of anilines is 2. The molecule has 0 aliphatic rings. The quantitative estimate of drug-likeness (QED) is 0.379. The van der Waals surface area contributed by atoms with Crippen molar-refractivity contribution in [3.63, 3.8) is 0 Å². The zero-order valence-electron chi connectivity index (χ0n) is 16.2. The van der Waals surface area contributed by atoms with Crippen LogP contribution in [0.5, 0.6) is 0 Å². The molecule has 0 aliphatic carbocycles. The Morgan fingerprint density at radius 2 is 2.00 bits per heavy atom. The normalized spacial score (nSPS) is 11.9. The fourth-order valence-electron chi connectivity index (χ4n) is 2.72. The Morgan fingerprint density at radius 3 is 2.77 bits per heavy atom. The summed E-state index contributed by atoms with van der Waals surface area (Å²) >= 11 is 4.28. The minimum atomic E-state index is -0.310. The van der Waals surface area contributed by atoms with Crippen LogP contribution in [0.3, 0.4) is 0 Å².